The van der Waals surface area contributed by atoms with E-state index in [1.54, 1.807) is 4.90 Å². The molecule has 5 heteroatoms. The summed E-state index contributed by atoms with van der Waals surface area (Å²) in [4.78, 5) is 25.1. The van der Waals surface area contributed by atoms with Crippen LogP contribution in [0.2, 0.25) is 0 Å². The summed E-state index contributed by atoms with van der Waals surface area (Å²) in [5.74, 6) is -0.689. The number of carbonyl (C=O) groups excluding carboxylic acids is 2. The number of benzene rings is 1. The molecule has 1 fully saturated rings. The van der Waals surface area contributed by atoms with Crippen LogP contribution in [-0.2, 0) is 14.3 Å². The second-order valence-corrected chi connectivity index (χ2v) is 5.02. The number of hydrogen-bond acceptors (Lipinski definition) is 4. The summed E-state index contributed by atoms with van der Waals surface area (Å²) in [5.41, 5.74) is 2.20. The zero-order valence-electron chi connectivity index (χ0n) is 12.0. The van der Waals surface area contributed by atoms with Crippen molar-refractivity contribution in [2.24, 2.45) is 5.92 Å². The van der Waals surface area contributed by atoms with Crippen molar-refractivity contribution in [3.8, 4) is 0 Å². The summed E-state index contributed by atoms with van der Waals surface area (Å²) in [6.07, 6.45) is -0.409. The van der Waals surface area contributed by atoms with Crippen LogP contribution in [0.15, 0.2) is 24.3 Å². The fourth-order valence-electron chi connectivity index (χ4n) is 2.62. The van der Waals surface area contributed by atoms with E-state index in [1.807, 2.05) is 31.2 Å². The normalized spacial score (nSPS) is 21.6. The third-order valence-corrected chi connectivity index (χ3v) is 3.76. The van der Waals surface area contributed by atoms with E-state index in [-0.39, 0.29) is 17.8 Å². The van der Waals surface area contributed by atoms with Gasteiger partial charge in [0.15, 0.2) is 0 Å². The number of aryl methyl sites for hydroxylation is 1. The van der Waals surface area contributed by atoms with E-state index in [0.717, 1.165) is 11.1 Å². The Kier molecular flexibility index (Phi) is 4.27. The van der Waals surface area contributed by atoms with Gasteiger partial charge in [0.05, 0.1) is 20.1 Å². The standard InChI is InChI=1S/C15H19NO4/c1-10-4-6-11(7-5-10)12-8-16(15(18)20-3)9-13(12)14(17)19-2/h4-7,12-13H,8-9H2,1-3H3/t12-,13-/m1/s1. The van der Waals surface area contributed by atoms with Gasteiger partial charge in [-0.25, -0.2) is 4.79 Å². The van der Waals surface area contributed by atoms with Gasteiger partial charge in [0.1, 0.15) is 0 Å². The van der Waals surface area contributed by atoms with Gasteiger partial charge in [0.25, 0.3) is 0 Å². The van der Waals surface area contributed by atoms with Crippen molar-refractivity contribution < 1.29 is 19.1 Å². The quantitative estimate of drug-likeness (QED) is 0.775. The molecule has 0 saturated carbocycles. The van der Waals surface area contributed by atoms with Crippen molar-refractivity contribution in [3.05, 3.63) is 35.4 Å². The minimum atomic E-state index is -0.409. The molecule has 1 amide bonds. The lowest BCUT2D eigenvalue weighted by Gasteiger charge is -2.16. The molecule has 1 aromatic carbocycles. The molecule has 0 N–H and O–H groups in total. The van der Waals surface area contributed by atoms with Gasteiger partial charge in [0.2, 0.25) is 0 Å². The first-order valence-electron chi connectivity index (χ1n) is 6.54. The molecule has 0 aromatic heterocycles. The van der Waals surface area contributed by atoms with Crippen LogP contribution >= 0.6 is 0 Å². The first-order valence-corrected chi connectivity index (χ1v) is 6.54. The maximum atomic E-state index is 11.9. The lowest BCUT2D eigenvalue weighted by Crippen LogP contribution is -2.29. The van der Waals surface area contributed by atoms with Gasteiger partial charge < -0.3 is 14.4 Å². The summed E-state index contributed by atoms with van der Waals surface area (Å²) < 4.78 is 9.59. The number of likely N-dealkylation sites (tertiary alicyclic amines) is 1. The molecule has 2 rings (SSSR count). The van der Waals surface area contributed by atoms with Gasteiger partial charge in [-0.2, -0.15) is 0 Å². The minimum Gasteiger partial charge on any atom is -0.469 e. The molecule has 108 valence electrons. The Labute approximate surface area is 118 Å². The Bertz CT molecular complexity index is 497. The SMILES string of the molecule is COC(=O)[C@@H]1CN(C(=O)OC)C[C@@H]1c1ccc(C)cc1. The number of nitrogens with zero attached hydrogens (tertiary/aromatic N) is 1. The number of carbonyl (C=O) groups is 2. The van der Waals surface area contributed by atoms with Crippen molar-refractivity contribution in [2.45, 2.75) is 12.8 Å². The summed E-state index contributed by atoms with van der Waals surface area (Å²) in [6, 6.07) is 8.00. The van der Waals surface area contributed by atoms with Crippen LogP contribution in [0.4, 0.5) is 4.79 Å². The molecule has 5 nitrogen and oxygen atoms in total. The predicted octanol–water partition coefficient (Wildman–Crippen LogP) is 1.95. The highest BCUT2D eigenvalue weighted by Crippen LogP contribution is 2.33. The van der Waals surface area contributed by atoms with Crippen LogP contribution < -0.4 is 0 Å². The molecule has 0 aliphatic carbocycles. The fourth-order valence-corrected chi connectivity index (χ4v) is 2.62. The number of esters is 1. The van der Waals surface area contributed by atoms with E-state index >= 15 is 0 Å². The predicted molar refractivity (Wildman–Crippen MR) is 73.4 cm³/mol. The second kappa shape index (κ2) is 5.94. The van der Waals surface area contributed by atoms with Gasteiger partial charge in [-0.15, -0.1) is 0 Å². The van der Waals surface area contributed by atoms with Crippen LogP contribution in [0.25, 0.3) is 0 Å². The number of hydrogen-bond donors (Lipinski definition) is 0. The summed E-state index contributed by atoms with van der Waals surface area (Å²) in [7, 11) is 2.71. The lowest BCUT2D eigenvalue weighted by atomic mass is 9.88. The van der Waals surface area contributed by atoms with E-state index in [9.17, 15) is 9.59 Å². The highest BCUT2D eigenvalue weighted by molar-refractivity contribution is 5.77. The largest absolute Gasteiger partial charge is 0.469 e. The molecule has 0 radical (unpaired) electrons. The van der Waals surface area contributed by atoms with Gasteiger partial charge in [-0.3, -0.25) is 4.79 Å². The average Bonchev–Trinajstić information content (AvgIpc) is 2.91. The molecule has 2 atom stereocenters. The second-order valence-electron chi connectivity index (χ2n) is 5.02. The first-order chi connectivity index (χ1) is 9.56. The van der Waals surface area contributed by atoms with Crippen LogP contribution in [0, 0.1) is 12.8 Å². The maximum absolute atomic E-state index is 11.9. The van der Waals surface area contributed by atoms with E-state index in [4.69, 9.17) is 9.47 Å². The van der Waals surface area contributed by atoms with Crippen molar-refractivity contribution in [2.75, 3.05) is 27.3 Å². The third kappa shape index (κ3) is 2.76. The summed E-state index contributed by atoms with van der Waals surface area (Å²) >= 11 is 0. The number of amides is 1. The molecule has 1 aliphatic heterocycles. The Balaban J connectivity index is 2.25. The minimum absolute atomic E-state index is 0.0536. The van der Waals surface area contributed by atoms with Gasteiger partial charge in [-0.1, -0.05) is 29.8 Å². The van der Waals surface area contributed by atoms with E-state index in [1.165, 1.54) is 14.2 Å². The molecule has 20 heavy (non-hydrogen) atoms. The van der Waals surface area contributed by atoms with Crippen molar-refractivity contribution in [1.82, 2.24) is 4.90 Å². The monoisotopic (exact) mass is 277 g/mol. The average molecular weight is 277 g/mol. The molecule has 0 bridgehead atoms. The first kappa shape index (κ1) is 14.4. The molecule has 0 unspecified atom stereocenters. The highest BCUT2D eigenvalue weighted by atomic mass is 16.5. The van der Waals surface area contributed by atoms with Gasteiger partial charge in [-0.05, 0) is 12.5 Å². The summed E-state index contributed by atoms with van der Waals surface area (Å²) in [5, 5.41) is 0. The highest BCUT2D eigenvalue weighted by Gasteiger charge is 2.41. The van der Waals surface area contributed by atoms with E-state index < -0.39 is 6.09 Å². The Morgan fingerprint density at radius 1 is 1.10 bits per heavy atom. The van der Waals surface area contributed by atoms with Crippen LogP contribution in [0.5, 0.6) is 0 Å². The Morgan fingerprint density at radius 2 is 1.75 bits per heavy atom. The maximum Gasteiger partial charge on any atom is 0.409 e. The molecule has 1 aliphatic rings. The smallest absolute Gasteiger partial charge is 0.409 e. The van der Waals surface area contributed by atoms with Crippen molar-refractivity contribution >= 4 is 12.1 Å². The van der Waals surface area contributed by atoms with Gasteiger partial charge >= 0.3 is 12.1 Å². The number of methoxy groups -OCH3 is 2. The number of ether oxygens (including phenoxy) is 2. The molecule has 1 aromatic rings. The van der Waals surface area contributed by atoms with Crippen molar-refractivity contribution in [1.29, 1.82) is 0 Å². The summed E-state index contributed by atoms with van der Waals surface area (Å²) in [6.45, 7) is 2.81. The third-order valence-electron chi connectivity index (χ3n) is 3.76. The van der Waals surface area contributed by atoms with E-state index in [0.29, 0.717) is 13.1 Å². The lowest BCUT2D eigenvalue weighted by molar-refractivity contribution is -0.145. The number of rotatable bonds is 2. The topological polar surface area (TPSA) is 55.8 Å². The van der Waals surface area contributed by atoms with Crippen LogP contribution in [0.1, 0.15) is 17.0 Å². The molecular weight excluding hydrogens is 258 g/mol. The Morgan fingerprint density at radius 3 is 2.30 bits per heavy atom. The molecule has 1 heterocycles. The molecule has 1 saturated heterocycles. The zero-order chi connectivity index (χ0) is 14.7. The molecule has 0 spiro atoms. The molecular formula is C15H19NO4. The zero-order valence-corrected chi connectivity index (χ0v) is 12.0. The Hall–Kier alpha value is -2.04. The van der Waals surface area contributed by atoms with Gasteiger partial charge in [0, 0.05) is 19.0 Å². The van der Waals surface area contributed by atoms with E-state index in [2.05, 4.69) is 0 Å². The van der Waals surface area contributed by atoms with Crippen LogP contribution in [0.3, 0.4) is 0 Å². The van der Waals surface area contributed by atoms with Crippen molar-refractivity contribution in [3.63, 3.8) is 0 Å². The van der Waals surface area contributed by atoms with Crippen LogP contribution in [-0.4, -0.2) is 44.3 Å². The fraction of sp³-hybridized carbons (Fsp3) is 0.467.